The average molecular weight is 194 g/mol. The minimum absolute atomic E-state index is 0.249. The Morgan fingerprint density at radius 1 is 1.14 bits per heavy atom. The normalized spacial score (nSPS) is 15.1. The van der Waals surface area contributed by atoms with Crippen molar-refractivity contribution in [1.29, 1.82) is 0 Å². The van der Waals surface area contributed by atoms with Crippen molar-refractivity contribution in [2.75, 3.05) is 0 Å². The molecule has 0 aliphatic heterocycles. The van der Waals surface area contributed by atoms with Crippen molar-refractivity contribution < 1.29 is 10.1 Å². The van der Waals surface area contributed by atoms with Crippen LogP contribution in [0.1, 0.15) is 50.3 Å². The maximum atomic E-state index is 8.51. The van der Waals surface area contributed by atoms with E-state index in [4.69, 9.17) is 5.26 Å². The molecule has 2 atom stereocenters. The molecule has 1 aromatic rings. The molecule has 2 unspecified atom stereocenters. The zero-order valence-electron chi connectivity index (χ0n) is 9.03. The Hall–Kier alpha value is -0.860. The predicted molar refractivity (Wildman–Crippen MR) is 57.3 cm³/mol. The van der Waals surface area contributed by atoms with Crippen LogP contribution in [0.15, 0.2) is 24.3 Å². The lowest BCUT2D eigenvalue weighted by Crippen LogP contribution is -1.97. The van der Waals surface area contributed by atoms with Gasteiger partial charge in [0.05, 0.1) is 0 Å². The molecule has 1 N–H and O–H groups in total. The molecule has 14 heavy (non-hydrogen) atoms. The highest BCUT2D eigenvalue weighted by Gasteiger charge is 2.06. The summed E-state index contributed by atoms with van der Waals surface area (Å²) in [6.07, 6.45) is 0.895. The van der Waals surface area contributed by atoms with Crippen molar-refractivity contribution >= 4 is 0 Å². The van der Waals surface area contributed by atoms with Crippen molar-refractivity contribution in [3.63, 3.8) is 0 Å². The monoisotopic (exact) mass is 194 g/mol. The first-order valence-electron chi connectivity index (χ1n) is 5.09. The van der Waals surface area contributed by atoms with E-state index in [9.17, 15) is 0 Å². The molecule has 0 spiro atoms. The number of rotatable bonds is 4. The SMILES string of the molecule is CCC(C)c1ccc(C(C)OO)cc1. The Morgan fingerprint density at radius 2 is 1.64 bits per heavy atom. The lowest BCUT2D eigenvalue weighted by Gasteiger charge is -2.11. The van der Waals surface area contributed by atoms with E-state index in [1.165, 1.54) is 5.56 Å². The predicted octanol–water partition coefficient (Wildman–Crippen LogP) is 3.75. The van der Waals surface area contributed by atoms with Crippen molar-refractivity contribution in [2.24, 2.45) is 0 Å². The van der Waals surface area contributed by atoms with Gasteiger partial charge < -0.3 is 0 Å². The lowest BCUT2D eigenvalue weighted by molar-refractivity contribution is -0.277. The van der Waals surface area contributed by atoms with E-state index in [1.807, 2.05) is 19.1 Å². The van der Waals surface area contributed by atoms with Crippen molar-refractivity contribution in [3.05, 3.63) is 35.4 Å². The summed E-state index contributed by atoms with van der Waals surface area (Å²) < 4.78 is 0. The second-order valence-electron chi connectivity index (χ2n) is 3.72. The van der Waals surface area contributed by atoms with Gasteiger partial charge in [0.2, 0.25) is 0 Å². The summed E-state index contributed by atoms with van der Waals surface area (Å²) in [5, 5.41) is 8.51. The molecule has 1 rings (SSSR count). The van der Waals surface area contributed by atoms with Gasteiger partial charge in [-0.3, -0.25) is 5.26 Å². The summed E-state index contributed by atoms with van der Waals surface area (Å²) in [4.78, 5) is 4.26. The average Bonchev–Trinajstić information content (AvgIpc) is 2.27. The lowest BCUT2D eigenvalue weighted by atomic mass is 9.97. The van der Waals surface area contributed by atoms with Crippen molar-refractivity contribution in [1.82, 2.24) is 0 Å². The largest absolute Gasteiger partial charge is 0.251 e. The molecule has 0 radical (unpaired) electrons. The van der Waals surface area contributed by atoms with Gasteiger partial charge in [0.1, 0.15) is 6.10 Å². The van der Waals surface area contributed by atoms with Crippen LogP contribution in [-0.2, 0) is 4.89 Å². The molecule has 0 fully saturated rings. The Balaban J connectivity index is 2.78. The highest BCUT2D eigenvalue weighted by Crippen LogP contribution is 2.22. The minimum Gasteiger partial charge on any atom is -0.251 e. The summed E-state index contributed by atoms with van der Waals surface area (Å²) in [7, 11) is 0. The van der Waals surface area contributed by atoms with Gasteiger partial charge >= 0.3 is 0 Å². The standard InChI is InChI=1S/C12H18O2/c1-4-9(2)11-5-7-12(8-6-11)10(3)14-13/h5-10,13H,4H2,1-3H3. The molecule has 78 valence electrons. The van der Waals surface area contributed by atoms with Gasteiger partial charge in [-0.1, -0.05) is 38.1 Å². The highest BCUT2D eigenvalue weighted by atomic mass is 17.1. The van der Waals surface area contributed by atoms with Crippen LogP contribution in [0.25, 0.3) is 0 Å². The van der Waals surface area contributed by atoms with Gasteiger partial charge in [0.25, 0.3) is 0 Å². The van der Waals surface area contributed by atoms with Gasteiger partial charge in [-0.2, -0.15) is 0 Å². The van der Waals surface area contributed by atoms with Gasteiger partial charge in [-0.25, -0.2) is 4.89 Å². The first-order chi connectivity index (χ1) is 6.69. The van der Waals surface area contributed by atoms with E-state index in [1.54, 1.807) is 0 Å². The summed E-state index contributed by atoms with van der Waals surface area (Å²) >= 11 is 0. The second kappa shape index (κ2) is 5.13. The molecule has 0 heterocycles. The van der Waals surface area contributed by atoms with Crippen LogP contribution in [-0.4, -0.2) is 5.26 Å². The van der Waals surface area contributed by atoms with E-state index in [0.29, 0.717) is 5.92 Å². The van der Waals surface area contributed by atoms with E-state index in [0.717, 1.165) is 12.0 Å². The molecular formula is C12H18O2. The summed E-state index contributed by atoms with van der Waals surface area (Å²) in [5.74, 6) is 0.592. The Bertz CT molecular complexity index is 237. The van der Waals surface area contributed by atoms with E-state index >= 15 is 0 Å². The Labute approximate surface area is 85.5 Å². The number of benzene rings is 1. The van der Waals surface area contributed by atoms with E-state index in [2.05, 4.69) is 30.9 Å². The molecule has 0 saturated heterocycles. The van der Waals surface area contributed by atoms with Crippen LogP contribution < -0.4 is 0 Å². The van der Waals surface area contributed by atoms with E-state index < -0.39 is 0 Å². The molecule has 0 bridgehead atoms. The van der Waals surface area contributed by atoms with Gasteiger partial charge in [0, 0.05) is 0 Å². The third-order valence-corrected chi connectivity index (χ3v) is 2.75. The van der Waals surface area contributed by atoms with Gasteiger partial charge in [0.15, 0.2) is 0 Å². The first-order valence-corrected chi connectivity index (χ1v) is 5.09. The summed E-state index contributed by atoms with van der Waals surface area (Å²) in [5.41, 5.74) is 2.33. The zero-order chi connectivity index (χ0) is 10.6. The van der Waals surface area contributed by atoms with Crippen LogP contribution in [0.4, 0.5) is 0 Å². The van der Waals surface area contributed by atoms with Gasteiger partial charge in [-0.15, -0.1) is 0 Å². The molecule has 0 aromatic heterocycles. The minimum atomic E-state index is -0.249. The highest BCUT2D eigenvalue weighted by molar-refractivity contribution is 5.26. The molecular weight excluding hydrogens is 176 g/mol. The molecule has 0 aliphatic carbocycles. The van der Waals surface area contributed by atoms with Crippen LogP contribution in [0.5, 0.6) is 0 Å². The molecule has 2 heteroatoms. The van der Waals surface area contributed by atoms with Crippen molar-refractivity contribution in [3.8, 4) is 0 Å². The van der Waals surface area contributed by atoms with Crippen LogP contribution >= 0.6 is 0 Å². The number of hydrogen-bond donors (Lipinski definition) is 1. The molecule has 0 amide bonds. The third-order valence-electron chi connectivity index (χ3n) is 2.75. The molecule has 1 aromatic carbocycles. The Morgan fingerprint density at radius 3 is 2.07 bits per heavy atom. The van der Waals surface area contributed by atoms with Crippen LogP contribution in [0.3, 0.4) is 0 Å². The molecule has 0 saturated carbocycles. The topological polar surface area (TPSA) is 29.5 Å². The number of hydrogen-bond acceptors (Lipinski definition) is 2. The molecule has 2 nitrogen and oxygen atoms in total. The van der Waals surface area contributed by atoms with E-state index in [-0.39, 0.29) is 6.10 Å². The fourth-order valence-corrected chi connectivity index (χ4v) is 1.39. The van der Waals surface area contributed by atoms with Crippen LogP contribution in [0.2, 0.25) is 0 Å². The van der Waals surface area contributed by atoms with Crippen LogP contribution in [0, 0.1) is 0 Å². The second-order valence-corrected chi connectivity index (χ2v) is 3.72. The summed E-state index contributed by atoms with van der Waals surface area (Å²) in [6.45, 7) is 6.21. The smallest absolute Gasteiger partial charge is 0.115 e. The van der Waals surface area contributed by atoms with Gasteiger partial charge in [-0.05, 0) is 30.4 Å². The fraction of sp³-hybridized carbons (Fsp3) is 0.500. The summed E-state index contributed by atoms with van der Waals surface area (Å²) in [6, 6.07) is 8.20. The third kappa shape index (κ3) is 2.56. The molecule has 0 aliphatic rings. The first kappa shape index (κ1) is 11.2. The quantitative estimate of drug-likeness (QED) is 0.584. The zero-order valence-corrected chi connectivity index (χ0v) is 9.03. The maximum absolute atomic E-state index is 8.51. The van der Waals surface area contributed by atoms with Crippen molar-refractivity contribution in [2.45, 2.75) is 39.2 Å². The Kier molecular flexibility index (Phi) is 4.11. The fourth-order valence-electron chi connectivity index (χ4n) is 1.39. The maximum Gasteiger partial charge on any atom is 0.115 e.